The summed E-state index contributed by atoms with van der Waals surface area (Å²) >= 11 is 0. The third-order valence-corrected chi connectivity index (χ3v) is 6.80. The Morgan fingerprint density at radius 1 is 0.968 bits per heavy atom. The van der Waals surface area contributed by atoms with Crippen LogP contribution in [0.3, 0.4) is 0 Å². The van der Waals surface area contributed by atoms with E-state index in [1.807, 2.05) is 37.3 Å². The minimum absolute atomic E-state index is 0.174. The molecule has 3 aromatic carbocycles. The van der Waals surface area contributed by atoms with Crippen molar-refractivity contribution < 1.29 is 19.3 Å². The number of ether oxygens (including phenoxy) is 3. The molecule has 0 saturated heterocycles. The summed E-state index contributed by atoms with van der Waals surface area (Å²) in [6.07, 6.45) is 0.872. The van der Waals surface area contributed by atoms with Crippen molar-refractivity contribution in [1.29, 1.82) is 0 Å². The van der Waals surface area contributed by atoms with E-state index in [1.165, 1.54) is 0 Å². The molecule has 31 heavy (non-hydrogen) atoms. The molecule has 5 nitrogen and oxygen atoms in total. The van der Waals surface area contributed by atoms with Crippen molar-refractivity contribution in [1.82, 2.24) is 4.90 Å². The maximum Gasteiger partial charge on any atom is 0.135 e. The highest BCUT2D eigenvalue weighted by atomic mass is 16.5. The largest absolute Gasteiger partial charge is 0.507 e. The number of rotatable bonds is 4. The molecule has 1 aliphatic rings. The van der Waals surface area contributed by atoms with Crippen LogP contribution in [-0.2, 0) is 6.42 Å². The van der Waals surface area contributed by atoms with Crippen LogP contribution in [0.25, 0.3) is 21.9 Å². The lowest BCUT2D eigenvalue weighted by Gasteiger charge is -2.39. The first-order chi connectivity index (χ1) is 14.8. The van der Waals surface area contributed by atoms with E-state index >= 15 is 0 Å². The number of hydrogen-bond acceptors (Lipinski definition) is 5. The van der Waals surface area contributed by atoms with E-state index in [2.05, 4.69) is 25.8 Å². The molecule has 3 aromatic rings. The standard InChI is InChI=1S/C26H31NO4/c1-14-11-21(30-6)24-18(9-8-10-20(24)29-5)22(14)25-19(28)13-17-12-15(2)27(4)16(3)23(17)26(25)31-7/h8-11,13,15-16,28H,12H2,1-7H3/t15-,16+/m1/s1. The molecule has 1 N–H and O–H groups in total. The third-order valence-electron chi connectivity index (χ3n) is 6.80. The van der Waals surface area contributed by atoms with Gasteiger partial charge in [-0.05, 0) is 69.0 Å². The second-order valence-electron chi connectivity index (χ2n) is 8.42. The van der Waals surface area contributed by atoms with Gasteiger partial charge in [0.15, 0.2) is 0 Å². The monoisotopic (exact) mass is 421 g/mol. The summed E-state index contributed by atoms with van der Waals surface area (Å²) < 4.78 is 17.3. The molecule has 0 aliphatic carbocycles. The maximum atomic E-state index is 11.3. The Morgan fingerprint density at radius 3 is 2.32 bits per heavy atom. The number of benzene rings is 3. The number of likely N-dealkylation sites (N-methyl/N-ethyl adjacent to an activating group) is 1. The van der Waals surface area contributed by atoms with Crippen LogP contribution in [0.4, 0.5) is 0 Å². The van der Waals surface area contributed by atoms with Crippen LogP contribution >= 0.6 is 0 Å². The van der Waals surface area contributed by atoms with Crippen LogP contribution in [0.2, 0.25) is 0 Å². The molecule has 164 valence electrons. The van der Waals surface area contributed by atoms with Gasteiger partial charge in [-0.15, -0.1) is 0 Å². The van der Waals surface area contributed by atoms with E-state index in [4.69, 9.17) is 14.2 Å². The van der Waals surface area contributed by atoms with Crippen molar-refractivity contribution in [3.8, 4) is 34.1 Å². The number of methoxy groups -OCH3 is 3. The first kappa shape index (κ1) is 21.3. The Balaban J connectivity index is 2.12. The second-order valence-corrected chi connectivity index (χ2v) is 8.42. The van der Waals surface area contributed by atoms with Gasteiger partial charge < -0.3 is 19.3 Å². The minimum atomic E-state index is 0.174. The van der Waals surface area contributed by atoms with Gasteiger partial charge in [0, 0.05) is 23.2 Å². The predicted molar refractivity (Wildman–Crippen MR) is 125 cm³/mol. The highest BCUT2D eigenvalue weighted by Gasteiger charge is 2.33. The number of aromatic hydroxyl groups is 1. The SMILES string of the molecule is COc1c(-c2c(C)cc(OC)c3c(OC)cccc23)c(O)cc2c1[C@H](C)N(C)[C@H](C)C2. The number of phenolic OH excluding ortho intramolecular Hbond substituents is 1. The highest BCUT2D eigenvalue weighted by Crippen LogP contribution is 2.52. The molecule has 4 rings (SSSR count). The van der Waals surface area contributed by atoms with Gasteiger partial charge in [-0.25, -0.2) is 0 Å². The van der Waals surface area contributed by atoms with Crippen LogP contribution < -0.4 is 14.2 Å². The fourth-order valence-electron chi connectivity index (χ4n) is 5.05. The number of hydrogen-bond donors (Lipinski definition) is 1. The topological polar surface area (TPSA) is 51.2 Å². The Morgan fingerprint density at radius 2 is 1.68 bits per heavy atom. The van der Waals surface area contributed by atoms with Crippen LogP contribution in [0.1, 0.15) is 36.6 Å². The molecule has 0 aromatic heterocycles. The maximum absolute atomic E-state index is 11.3. The van der Waals surface area contributed by atoms with Gasteiger partial charge in [0.25, 0.3) is 0 Å². The number of phenols is 1. The molecule has 0 bridgehead atoms. The Kier molecular flexibility index (Phi) is 5.48. The van der Waals surface area contributed by atoms with Crippen LogP contribution in [-0.4, -0.2) is 44.4 Å². The van der Waals surface area contributed by atoms with Crippen molar-refractivity contribution in [3.05, 3.63) is 47.0 Å². The summed E-state index contributed by atoms with van der Waals surface area (Å²) in [6.45, 7) is 6.44. The average molecular weight is 422 g/mol. The molecule has 2 atom stereocenters. The van der Waals surface area contributed by atoms with Gasteiger partial charge in [0.2, 0.25) is 0 Å². The van der Waals surface area contributed by atoms with E-state index in [0.717, 1.165) is 62.3 Å². The second kappa shape index (κ2) is 7.97. The first-order valence-corrected chi connectivity index (χ1v) is 10.6. The van der Waals surface area contributed by atoms with Crippen molar-refractivity contribution in [2.24, 2.45) is 0 Å². The molecule has 0 amide bonds. The zero-order chi connectivity index (χ0) is 22.4. The van der Waals surface area contributed by atoms with Gasteiger partial charge in [0.05, 0.1) is 32.3 Å². The van der Waals surface area contributed by atoms with Gasteiger partial charge in [-0.1, -0.05) is 12.1 Å². The Labute approximate surface area is 184 Å². The summed E-state index contributed by atoms with van der Waals surface area (Å²) in [5.74, 6) is 2.44. The lowest BCUT2D eigenvalue weighted by atomic mass is 9.83. The fourth-order valence-corrected chi connectivity index (χ4v) is 5.05. The van der Waals surface area contributed by atoms with Gasteiger partial charge in [0.1, 0.15) is 23.0 Å². The molecular formula is C26H31NO4. The minimum Gasteiger partial charge on any atom is -0.507 e. The van der Waals surface area contributed by atoms with Crippen LogP contribution in [0.5, 0.6) is 23.0 Å². The zero-order valence-corrected chi connectivity index (χ0v) is 19.4. The Bertz CT molecular complexity index is 1150. The molecule has 0 spiro atoms. The molecule has 1 heterocycles. The average Bonchev–Trinajstić information content (AvgIpc) is 2.76. The van der Waals surface area contributed by atoms with Gasteiger partial charge in [-0.2, -0.15) is 0 Å². The third kappa shape index (κ3) is 3.19. The van der Waals surface area contributed by atoms with Crippen molar-refractivity contribution in [3.63, 3.8) is 0 Å². The predicted octanol–water partition coefficient (Wildman–Crippen LogP) is 5.48. The lowest BCUT2D eigenvalue weighted by Crippen LogP contribution is -2.38. The molecule has 0 saturated carbocycles. The highest BCUT2D eigenvalue weighted by molar-refractivity contribution is 6.07. The number of aryl methyl sites for hydroxylation is 1. The molecule has 0 fully saturated rings. The zero-order valence-electron chi connectivity index (χ0n) is 19.4. The van der Waals surface area contributed by atoms with Crippen LogP contribution in [0, 0.1) is 6.92 Å². The normalized spacial score (nSPS) is 18.7. The van der Waals surface area contributed by atoms with E-state index in [-0.39, 0.29) is 11.8 Å². The summed E-state index contributed by atoms with van der Waals surface area (Å²) in [7, 11) is 7.15. The summed E-state index contributed by atoms with van der Waals surface area (Å²) in [6, 6.07) is 10.4. The lowest BCUT2D eigenvalue weighted by molar-refractivity contribution is 0.175. The summed E-state index contributed by atoms with van der Waals surface area (Å²) in [5, 5.41) is 13.1. The summed E-state index contributed by atoms with van der Waals surface area (Å²) in [4.78, 5) is 2.35. The molecule has 5 heteroatoms. The number of fused-ring (bicyclic) bond motifs is 2. The van der Waals surface area contributed by atoms with Crippen molar-refractivity contribution >= 4 is 10.8 Å². The quantitative estimate of drug-likeness (QED) is 0.604. The van der Waals surface area contributed by atoms with E-state index in [0.29, 0.717) is 6.04 Å². The van der Waals surface area contributed by atoms with E-state index in [9.17, 15) is 5.11 Å². The van der Waals surface area contributed by atoms with Gasteiger partial charge >= 0.3 is 0 Å². The summed E-state index contributed by atoms with van der Waals surface area (Å²) in [5.41, 5.74) is 4.93. The van der Waals surface area contributed by atoms with E-state index < -0.39 is 0 Å². The number of nitrogens with zero attached hydrogens (tertiary/aromatic N) is 1. The fraction of sp³-hybridized carbons (Fsp3) is 0.385. The van der Waals surface area contributed by atoms with Crippen molar-refractivity contribution in [2.75, 3.05) is 28.4 Å². The van der Waals surface area contributed by atoms with Gasteiger partial charge in [-0.3, -0.25) is 4.90 Å². The molecule has 0 radical (unpaired) electrons. The first-order valence-electron chi connectivity index (χ1n) is 10.6. The Hall–Kier alpha value is -2.92. The molecule has 1 aliphatic heterocycles. The molecule has 0 unspecified atom stereocenters. The molecular weight excluding hydrogens is 390 g/mol. The van der Waals surface area contributed by atoms with Crippen molar-refractivity contribution in [2.45, 2.75) is 39.3 Å². The smallest absolute Gasteiger partial charge is 0.135 e. The van der Waals surface area contributed by atoms with E-state index in [1.54, 1.807) is 21.3 Å². The van der Waals surface area contributed by atoms with Crippen LogP contribution in [0.15, 0.2) is 30.3 Å².